The van der Waals surface area contributed by atoms with Crippen LogP contribution in [0, 0.1) is 5.92 Å². The lowest BCUT2D eigenvalue weighted by Gasteiger charge is -2.49. The van der Waals surface area contributed by atoms with Gasteiger partial charge in [0.1, 0.15) is 21.0 Å². The minimum Gasteiger partial charge on any atom is -0.378 e. The van der Waals surface area contributed by atoms with E-state index >= 15 is 0 Å². The topological polar surface area (TPSA) is 340 Å². The Hall–Kier alpha value is -6.07. The predicted molar refractivity (Wildman–Crippen MR) is 437 cm³/mol. The largest absolute Gasteiger partial charge is 0.378 e. The molecule has 0 radical (unpaired) electrons. The summed E-state index contributed by atoms with van der Waals surface area (Å²) in [5.41, 5.74) is 23.5. The Morgan fingerprint density at radius 3 is 0.892 bits per heavy atom. The monoisotopic (exact) mass is 1640 g/mol. The van der Waals surface area contributed by atoms with Gasteiger partial charge in [-0.1, -0.05) is 37.1 Å². The summed E-state index contributed by atoms with van der Waals surface area (Å²) in [4.78, 5) is 58.7. The quantitative estimate of drug-likeness (QED) is 0.0472. The van der Waals surface area contributed by atoms with Gasteiger partial charge in [-0.3, -0.25) is 23.8 Å². The van der Waals surface area contributed by atoms with Crippen molar-refractivity contribution in [3.05, 3.63) is 113 Å². The van der Waals surface area contributed by atoms with Crippen molar-refractivity contribution in [2.75, 3.05) is 117 Å². The van der Waals surface area contributed by atoms with Crippen molar-refractivity contribution < 1.29 is 61.8 Å². The number of amides is 8. The molecule has 8 amide bonds. The molecule has 604 valence electrons. The number of aryl methyl sites for hydroxylation is 8. The number of sulfonamides is 4. The zero-order chi connectivity index (χ0) is 77.4. The molecule has 1 unspecified atom stereocenters. The standard InChI is InChI=1S/C21H29N3O3S.C20H29N3O3S2.C19H25N3O4S2.C19H25N3O4S/c1-13-8-16(9-13)24-11-17(12-24)28(26,27)23-21(25)22-20-18-6-2-4-14(18)10-15-5-3-7-19(15)20;1-27(2)10-9-23-12-16(13-23)28(25,26)22-20(24)21-19-17-7-3-5-14(17)11-15-6-4-8-18(15)19;23-19(21-28(25,26)15-8-22(9-15)14-10-27(24)11-14)20-18-16-5-1-3-12(16)7-13-4-2-6-17(13)18;23-19(21-27(24,25)15-8-22(9-15)14-10-26-11-14)20-18-16-5-1-3-12(16)7-13-4-2-6-17(13)18/h10,13,16-17H,2-9,11-12H2,1H3,(H2,22,23,25);11,16H,1,3-10,12-13H2,2H3,(H2,21,22,24);7,14-15H,1-6,8-11H2,(H2,20,21,23);7,14-15H,1-6,8-11H2,(H2,20,21,23). The van der Waals surface area contributed by atoms with Crippen LogP contribution in [0.25, 0.3) is 0 Å². The van der Waals surface area contributed by atoms with Crippen LogP contribution in [0.1, 0.15) is 160 Å². The summed E-state index contributed by atoms with van der Waals surface area (Å²) in [5.74, 6) is 6.97. The molecular weight excluding hydrogens is 1530 g/mol. The summed E-state index contributed by atoms with van der Waals surface area (Å²) < 4.78 is 126. The van der Waals surface area contributed by atoms with Crippen LogP contribution in [0.5, 0.6) is 0 Å². The van der Waals surface area contributed by atoms with E-state index in [1.807, 2.05) is 4.90 Å². The maximum Gasteiger partial charge on any atom is 0.332 e. The van der Waals surface area contributed by atoms with Gasteiger partial charge in [0.25, 0.3) is 0 Å². The lowest BCUT2D eigenvalue weighted by molar-refractivity contribution is -0.0830. The number of nitrogens with zero attached hydrogens (tertiary/aromatic N) is 4. The van der Waals surface area contributed by atoms with Crippen molar-refractivity contribution in [1.29, 1.82) is 0 Å². The highest BCUT2D eigenvalue weighted by molar-refractivity contribution is 8.13. The van der Waals surface area contributed by atoms with E-state index < -0.39 is 96.0 Å². The average molecular weight is 1640 g/mol. The molecule has 111 heavy (non-hydrogen) atoms. The molecule has 26 nitrogen and oxygen atoms in total. The second-order valence-electron chi connectivity index (χ2n) is 33.8. The van der Waals surface area contributed by atoms with Crippen molar-refractivity contribution in [3.63, 3.8) is 0 Å². The van der Waals surface area contributed by atoms with Crippen LogP contribution >= 0.6 is 10.5 Å². The van der Waals surface area contributed by atoms with Gasteiger partial charge in [0.15, 0.2) is 0 Å². The maximum absolute atomic E-state index is 12.6. The Kier molecular flexibility index (Phi) is 22.9. The second kappa shape index (κ2) is 32.2. The third-order valence-electron chi connectivity index (χ3n) is 26.1. The number of fused-ring (bicyclic) bond motifs is 8. The van der Waals surface area contributed by atoms with E-state index in [1.165, 1.54) is 89.0 Å². The fourth-order valence-corrected chi connectivity index (χ4v) is 26.3. The molecule has 4 aromatic rings. The summed E-state index contributed by atoms with van der Waals surface area (Å²) in [6.07, 6.45) is 29.1. The highest BCUT2D eigenvalue weighted by atomic mass is 32.2. The Labute approximate surface area is 659 Å². The van der Waals surface area contributed by atoms with E-state index in [-0.39, 0.29) is 16.5 Å². The molecule has 6 heterocycles. The van der Waals surface area contributed by atoms with Gasteiger partial charge >= 0.3 is 24.1 Å². The van der Waals surface area contributed by atoms with Crippen LogP contribution < -0.4 is 40.2 Å². The Morgan fingerprint density at radius 2 is 0.658 bits per heavy atom. The van der Waals surface area contributed by atoms with Crippen LogP contribution in [-0.2, 0) is 158 Å². The van der Waals surface area contributed by atoms with Gasteiger partial charge in [-0.25, -0.2) is 71.7 Å². The zero-order valence-electron chi connectivity index (χ0n) is 63.9. The number of anilines is 4. The number of benzene rings is 4. The van der Waals surface area contributed by atoms with Gasteiger partial charge < -0.3 is 26.0 Å². The lowest BCUT2D eigenvalue weighted by Crippen LogP contribution is -2.65. The lowest BCUT2D eigenvalue weighted by atomic mass is 9.79. The Morgan fingerprint density at radius 1 is 0.405 bits per heavy atom. The normalized spacial score (nSPS) is 24.2. The number of likely N-dealkylation sites (tertiary alicyclic amines) is 4. The molecule has 6 aliphatic heterocycles. The van der Waals surface area contributed by atoms with E-state index in [2.05, 4.69) is 98.2 Å². The fraction of sp³-hybridized carbons (Fsp3) is 0.633. The van der Waals surface area contributed by atoms with E-state index in [0.717, 1.165) is 208 Å². The van der Waals surface area contributed by atoms with E-state index in [9.17, 15) is 57.1 Å². The molecule has 15 aliphatic rings. The van der Waals surface area contributed by atoms with Gasteiger partial charge in [0, 0.05) is 122 Å². The average Bonchev–Trinajstić information content (AvgIpc) is 1.76. The van der Waals surface area contributed by atoms with Crippen LogP contribution in [0.4, 0.5) is 41.9 Å². The summed E-state index contributed by atoms with van der Waals surface area (Å²) in [7, 11) is -15.3. The highest BCUT2D eigenvalue weighted by Gasteiger charge is 2.48. The first-order chi connectivity index (χ1) is 53.1. The van der Waals surface area contributed by atoms with Gasteiger partial charge in [-0.05, 0) is 268 Å². The highest BCUT2D eigenvalue weighted by Crippen LogP contribution is 2.44. The SMILES string of the molecule is C=S(C)CCN1CC(S(=O)(=O)NC(=O)Nc2c3c(cc4c2CCC4)CCC3)C1.CC1CC(N2CC(S(=O)(=O)NC(=O)Nc3c4c(cc5c3CCC5)CCC4)C2)C1.O=C(Nc1c2c(cc3c1CCC3)CCC2)NS(=O)(=O)C1CN(C2COC2)C1.O=C(Nc1c2c(cc3c1CCC3)CCC2)NS(=O)(=O)C1CN(C2CS(=O)C2)C1. The summed E-state index contributed by atoms with van der Waals surface area (Å²) in [6.45, 7) is 8.21. The number of hydrogen-bond donors (Lipinski definition) is 8. The molecule has 0 spiro atoms. The third-order valence-corrected chi connectivity index (χ3v) is 35.1. The first-order valence-electron chi connectivity index (χ1n) is 40.4. The van der Waals surface area contributed by atoms with Crippen molar-refractivity contribution >= 4 is 114 Å². The molecule has 6 saturated heterocycles. The summed E-state index contributed by atoms with van der Waals surface area (Å²) in [6, 6.07) is 7.74. The molecule has 19 rings (SSSR count). The third kappa shape index (κ3) is 16.9. The first kappa shape index (κ1) is 78.8. The summed E-state index contributed by atoms with van der Waals surface area (Å²) in [5, 5.41) is 9.48. The first-order valence-corrected chi connectivity index (χ1v) is 50.1. The molecule has 8 N–H and O–H groups in total. The molecule has 7 fully saturated rings. The molecular formula is C79H108N12O14S6. The number of hydrogen-bond acceptors (Lipinski definition) is 18. The number of carbonyl (C=O) groups excluding carboxylic acids is 4. The fourth-order valence-electron chi connectivity index (χ4n) is 19.5. The minimum absolute atomic E-state index is 0.111. The summed E-state index contributed by atoms with van der Waals surface area (Å²) >= 11 is 0. The maximum atomic E-state index is 12.6. The molecule has 0 bridgehead atoms. The van der Waals surface area contributed by atoms with Gasteiger partial charge in [-0.2, -0.15) is 10.5 Å². The minimum atomic E-state index is -3.71. The molecule has 1 atom stereocenters. The predicted octanol–water partition coefficient (Wildman–Crippen LogP) is 6.86. The van der Waals surface area contributed by atoms with E-state index in [1.54, 1.807) is 0 Å². The van der Waals surface area contributed by atoms with E-state index in [0.29, 0.717) is 89.2 Å². The van der Waals surface area contributed by atoms with Crippen molar-refractivity contribution in [2.45, 2.75) is 213 Å². The smallest absolute Gasteiger partial charge is 0.332 e. The molecule has 9 aliphatic carbocycles. The van der Waals surface area contributed by atoms with Gasteiger partial charge in [0.05, 0.1) is 19.3 Å². The molecule has 0 aromatic heterocycles. The van der Waals surface area contributed by atoms with Crippen molar-refractivity contribution in [2.24, 2.45) is 5.92 Å². The van der Waals surface area contributed by atoms with Crippen LogP contribution in [0.2, 0.25) is 0 Å². The zero-order valence-corrected chi connectivity index (χ0v) is 68.8. The van der Waals surface area contributed by atoms with Crippen LogP contribution in [-0.4, -0.2) is 222 Å². The number of nitrogens with one attached hydrogen (secondary N) is 8. The molecule has 32 heteroatoms. The second-order valence-corrected chi connectivity index (χ2v) is 45.1. The number of rotatable bonds is 18. The Bertz CT molecular complexity index is 4770. The van der Waals surface area contributed by atoms with Gasteiger partial charge in [-0.15, -0.1) is 0 Å². The van der Waals surface area contributed by atoms with Crippen LogP contribution in [0.3, 0.4) is 0 Å². The van der Waals surface area contributed by atoms with Gasteiger partial charge in [0.2, 0.25) is 40.1 Å². The Balaban J connectivity index is 0.000000112. The number of urea groups is 4. The van der Waals surface area contributed by atoms with E-state index in [4.69, 9.17) is 4.74 Å². The van der Waals surface area contributed by atoms with Crippen LogP contribution in [0.15, 0.2) is 24.3 Å². The molecule has 4 aromatic carbocycles. The van der Waals surface area contributed by atoms with Crippen molar-refractivity contribution in [1.82, 2.24) is 38.5 Å². The molecule has 1 saturated carbocycles. The van der Waals surface area contributed by atoms with Crippen molar-refractivity contribution in [3.8, 4) is 0 Å². The number of carbonyl (C=O) groups is 4. The number of ether oxygens (including phenoxy) is 1.